The Kier molecular flexibility index (Phi) is 2.71. The number of hydrogen-bond acceptors (Lipinski definition) is 1. The topological polar surface area (TPSA) is 30.9 Å². The Morgan fingerprint density at radius 3 is 2.73 bits per heavy atom. The van der Waals surface area contributed by atoms with Crippen molar-refractivity contribution in [3.05, 3.63) is 23.5 Å². The zero-order valence-electron chi connectivity index (χ0n) is 7.30. The monoisotopic (exact) mass is 152 g/mol. The van der Waals surface area contributed by atoms with E-state index in [0.717, 1.165) is 19.4 Å². The molecule has 0 aliphatic carbocycles. The van der Waals surface area contributed by atoms with Crippen LogP contribution in [0, 0.1) is 6.92 Å². The van der Waals surface area contributed by atoms with Gasteiger partial charge in [-0.2, -0.15) is 0 Å². The standard InChI is InChI=1S/C9H16N2/c1-8-9(4-3-6-10)5-7-11(8)2/h5,7H,3-4,6,10H2,1-2H3. The number of hydrogen-bond donors (Lipinski definition) is 1. The fourth-order valence-electron chi connectivity index (χ4n) is 1.22. The quantitative estimate of drug-likeness (QED) is 0.693. The van der Waals surface area contributed by atoms with Crippen LogP contribution in [0.25, 0.3) is 0 Å². The van der Waals surface area contributed by atoms with Crippen LogP contribution in [0.2, 0.25) is 0 Å². The molecule has 1 aromatic rings. The third-order valence-electron chi connectivity index (χ3n) is 2.14. The molecule has 62 valence electrons. The summed E-state index contributed by atoms with van der Waals surface area (Å²) in [7, 11) is 2.07. The summed E-state index contributed by atoms with van der Waals surface area (Å²) in [6.07, 6.45) is 4.30. The molecule has 0 spiro atoms. The number of aromatic nitrogens is 1. The van der Waals surface area contributed by atoms with Gasteiger partial charge >= 0.3 is 0 Å². The largest absolute Gasteiger partial charge is 0.354 e. The number of aryl methyl sites for hydroxylation is 2. The van der Waals surface area contributed by atoms with Gasteiger partial charge < -0.3 is 10.3 Å². The Morgan fingerprint density at radius 1 is 1.55 bits per heavy atom. The van der Waals surface area contributed by atoms with Crippen molar-refractivity contribution in [1.82, 2.24) is 4.57 Å². The lowest BCUT2D eigenvalue weighted by Gasteiger charge is -1.99. The Morgan fingerprint density at radius 2 is 2.27 bits per heavy atom. The summed E-state index contributed by atoms with van der Waals surface area (Å²) in [5.74, 6) is 0. The molecule has 1 aromatic heterocycles. The molecule has 0 saturated heterocycles. The minimum Gasteiger partial charge on any atom is -0.354 e. The van der Waals surface area contributed by atoms with Gasteiger partial charge in [-0.25, -0.2) is 0 Å². The molecule has 0 aliphatic heterocycles. The molecular weight excluding hydrogens is 136 g/mol. The number of nitrogens with two attached hydrogens (primary N) is 1. The molecular formula is C9H16N2. The summed E-state index contributed by atoms with van der Waals surface area (Å²) in [5, 5.41) is 0. The zero-order chi connectivity index (χ0) is 8.27. The van der Waals surface area contributed by atoms with Crippen molar-refractivity contribution in [2.24, 2.45) is 12.8 Å². The van der Waals surface area contributed by atoms with Crippen molar-refractivity contribution in [3.8, 4) is 0 Å². The molecule has 0 atom stereocenters. The Bertz CT molecular complexity index is 225. The maximum atomic E-state index is 5.43. The lowest BCUT2D eigenvalue weighted by Crippen LogP contribution is -2.01. The van der Waals surface area contributed by atoms with E-state index in [1.54, 1.807) is 0 Å². The molecule has 0 aliphatic rings. The number of nitrogens with zero attached hydrogens (tertiary/aromatic N) is 1. The van der Waals surface area contributed by atoms with Gasteiger partial charge in [-0.1, -0.05) is 0 Å². The smallest absolute Gasteiger partial charge is 0.0172 e. The summed E-state index contributed by atoms with van der Waals surface area (Å²) >= 11 is 0. The van der Waals surface area contributed by atoms with Gasteiger partial charge in [0.15, 0.2) is 0 Å². The van der Waals surface area contributed by atoms with Crippen molar-refractivity contribution in [1.29, 1.82) is 0 Å². The molecule has 0 fully saturated rings. The summed E-state index contributed by atoms with van der Waals surface area (Å²) in [6, 6.07) is 2.17. The average molecular weight is 152 g/mol. The maximum Gasteiger partial charge on any atom is 0.0172 e. The first-order valence-electron chi connectivity index (χ1n) is 4.06. The summed E-state index contributed by atoms with van der Waals surface area (Å²) < 4.78 is 2.14. The van der Waals surface area contributed by atoms with Crippen LogP contribution in [-0.2, 0) is 13.5 Å². The average Bonchev–Trinajstić information content (AvgIpc) is 2.31. The van der Waals surface area contributed by atoms with Crippen molar-refractivity contribution in [2.45, 2.75) is 19.8 Å². The summed E-state index contributed by atoms with van der Waals surface area (Å²) in [4.78, 5) is 0. The Balaban J connectivity index is 2.63. The number of rotatable bonds is 3. The van der Waals surface area contributed by atoms with Crippen LogP contribution in [0.3, 0.4) is 0 Å². The fraction of sp³-hybridized carbons (Fsp3) is 0.556. The van der Waals surface area contributed by atoms with Crippen LogP contribution in [0.5, 0.6) is 0 Å². The van der Waals surface area contributed by atoms with Gasteiger partial charge in [-0.15, -0.1) is 0 Å². The lowest BCUT2D eigenvalue weighted by atomic mass is 10.1. The van der Waals surface area contributed by atoms with E-state index in [0.29, 0.717) is 0 Å². The second-order valence-corrected chi connectivity index (χ2v) is 2.93. The highest BCUT2D eigenvalue weighted by atomic mass is 14.9. The first kappa shape index (κ1) is 8.34. The molecule has 0 aromatic carbocycles. The van der Waals surface area contributed by atoms with E-state index in [1.165, 1.54) is 11.3 Å². The SMILES string of the molecule is Cc1c(CCCN)ccn1C. The van der Waals surface area contributed by atoms with E-state index in [9.17, 15) is 0 Å². The van der Waals surface area contributed by atoms with Crippen LogP contribution >= 0.6 is 0 Å². The van der Waals surface area contributed by atoms with E-state index in [-0.39, 0.29) is 0 Å². The lowest BCUT2D eigenvalue weighted by molar-refractivity contribution is 0.810. The maximum absolute atomic E-state index is 5.43. The van der Waals surface area contributed by atoms with E-state index < -0.39 is 0 Å². The van der Waals surface area contributed by atoms with E-state index in [2.05, 4.69) is 30.8 Å². The second kappa shape index (κ2) is 3.58. The molecule has 1 rings (SSSR count). The first-order chi connectivity index (χ1) is 5.25. The van der Waals surface area contributed by atoms with Gasteiger partial charge in [0.1, 0.15) is 0 Å². The van der Waals surface area contributed by atoms with E-state index in [1.807, 2.05) is 0 Å². The van der Waals surface area contributed by atoms with Gasteiger partial charge in [-0.05, 0) is 37.9 Å². The molecule has 0 radical (unpaired) electrons. The van der Waals surface area contributed by atoms with Crippen LogP contribution < -0.4 is 5.73 Å². The molecule has 2 N–H and O–H groups in total. The van der Waals surface area contributed by atoms with Crippen molar-refractivity contribution in [3.63, 3.8) is 0 Å². The Hall–Kier alpha value is -0.760. The van der Waals surface area contributed by atoms with Crippen LogP contribution in [0.1, 0.15) is 17.7 Å². The molecule has 11 heavy (non-hydrogen) atoms. The first-order valence-corrected chi connectivity index (χ1v) is 4.06. The van der Waals surface area contributed by atoms with Crippen molar-refractivity contribution < 1.29 is 0 Å². The molecule has 2 heteroatoms. The van der Waals surface area contributed by atoms with Gasteiger partial charge in [0.25, 0.3) is 0 Å². The minimum absolute atomic E-state index is 0.786. The highest BCUT2D eigenvalue weighted by Gasteiger charge is 1.99. The van der Waals surface area contributed by atoms with E-state index in [4.69, 9.17) is 5.73 Å². The van der Waals surface area contributed by atoms with Gasteiger partial charge in [-0.3, -0.25) is 0 Å². The molecule has 1 heterocycles. The normalized spacial score (nSPS) is 10.5. The van der Waals surface area contributed by atoms with Crippen LogP contribution in [0.15, 0.2) is 12.3 Å². The predicted molar refractivity (Wildman–Crippen MR) is 47.5 cm³/mol. The minimum atomic E-state index is 0.786. The van der Waals surface area contributed by atoms with Gasteiger partial charge in [0, 0.05) is 18.9 Å². The Labute approximate surface area is 68.0 Å². The summed E-state index contributed by atoms with van der Waals surface area (Å²) in [5.41, 5.74) is 8.21. The van der Waals surface area contributed by atoms with E-state index >= 15 is 0 Å². The molecule has 2 nitrogen and oxygen atoms in total. The molecule has 0 unspecified atom stereocenters. The fourth-order valence-corrected chi connectivity index (χ4v) is 1.22. The van der Waals surface area contributed by atoms with Crippen LogP contribution in [-0.4, -0.2) is 11.1 Å². The molecule has 0 amide bonds. The molecule has 0 bridgehead atoms. The zero-order valence-corrected chi connectivity index (χ0v) is 7.30. The van der Waals surface area contributed by atoms with Crippen molar-refractivity contribution in [2.75, 3.05) is 6.54 Å². The second-order valence-electron chi connectivity index (χ2n) is 2.93. The van der Waals surface area contributed by atoms with Crippen molar-refractivity contribution >= 4 is 0 Å². The van der Waals surface area contributed by atoms with Gasteiger partial charge in [0.05, 0.1) is 0 Å². The third-order valence-corrected chi connectivity index (χ3v) is 2.14. The van der Waals surface area contributed by atoms with Crippen LogP contribution in [0.4, 0.5) is 0 Å². The highest BCUT2D eigenvalue weighted by molar-refractivity contribution is 5.20. The highest BCUT2D eigenvalue weighted by Crippen LogP contribution is 2.09. The predicted octanol–water partition coefficient (Wildman–Crippen LogP) is 1.22. The summed E-state index contributed by atoms with van der Waals surface area (Å²) in [6.45, 7) is 2.93. The molecule has 0 saturated carbocycles. The third kappa shape index (κ3) is 1.84. The van der Waals surface area contributed by atoms with Gasteiger partial charge in [0.2, 0.25) is 0 Å².